The maximum Gasteiger partial charge on any atom is 0.327 e. The van der Waals surface area contributed by atoms with Crippen molar-refractivity contribution in [3.8, 4) is 0 Å². The lowest BCUT2D eigenvalue weighted by molar-refractivity contribution is -0.150. The van der Waals surface area contributed by atoms with Crippen LogP contribution in [0.3, 0.4) is 0 Å². The van der Waals surface area contributed by atoms with E-state index in [1.54, 1.807) is 6.08 Å². The van der Waals surface area contributed by atoms with Crippen molar-refractivity contribution in [2.75, 3.05) is 18.5 Å². The Labute approximate surface area is 165 Å². The van der Waals surface area contributed by atoms with Crippen LogP contribution in [0.15, 0.2) is 23.1 Å². The summed E-state index contributed by atoms with van der Waals surface area (Å²) in [6, 6.07) is 4.41. The van der Waals surface area contributed by atoms with Crippen molar-refractivity contribution in [2.24, 2.45) is 0 Å². The van der Waals surface area contributed by atoms with Crippen LogP contribution in [0.25, 0.3) is 6.08 Å². The molecule has 1 atom stereocenters. The minimum atomic E-state index is -1.52. The molecule has 2 N–H and O–H groups in total. The molecule has 1 fully saturated rings. The lowest BCUT2D eigenvalue weighted by Crippen LogP contribution is -2.45. The Hall–Kier alpha value is -2.39. The third-order valence-electron chi connectivity index (χ3n) is 4.54. The number of carbonyl (C=O) groups is 3. The average molecular weight is 406 g/mol. The van der Waals surface area contributed by atoms with Crippen molar-refractivity contribution in [3.05, 3.63) is 34.2 Å². The SMILES string of the molecule is CN1CCCc2cc(C=C3SC(=S)N(C(CC(=O)O)C(=O)O)C3=O)ccc21. The van der Waals surface area contributed by atoms with Gasteiger partial charge in [-0.3, -0.25) is 14.5 Å². The smallest absolute Gasteiger partial charge is 0.327 e. The van der Waals surface area contributed by atoms with Crippen LogP contribution in [0.2, 0.25) is 0 Å². The first kappa shape index (κ1) is 19.4. The van der Waals surface area contributed by atoms with E-state index in [1.807, 2.05) is 25.2 Å². The topological polar surface area (TPSA) is 98.2 Å². The molecule has 0 radical (unpaired) electrons. The highest BCUT2D eigenvalue weighted by atomic mass is 32.2. The summed E-state index contributed by atoms with van der Waals surface area (Å²) in [5.41, 5.74) is 3.19. The number of thiocarbonyl (C=S) groups is 1. The number of aryl methyl sites for hydroxylation is 1. The van der Waals surface area contributed by atoms with Crippen molar-refractivity contribution < 1.29 is 24.6 Å². The normalized spacial score (nSPS) is 19.4. The molecule has 0 aliphatic carbocycles. The zero-order valence-electron chi connectivity index (χ0n) is 14.5. The molecule has 2 heterocycles. The van der Waals surface area contributed by atoms with Gasteiger partial charge in [0.1, 0.15) is 10.4 Å². The van der Waals surface area contributed by atoms with Crippen LogP contribution in [0, 0.1) is 0 Å². The Morgan fingerprint density at radius 1 is 1.37 bits per heavy atom. The summed E-state index contributed by atoms with van der Waals surface area (Å²) in [5.74, 6) is -3.28. The molecule has 0 bridgehead atoms. The van der Waals surface area contributed by atoms with Gasteiger partial charge < -0.3 is 15.1 Å². The minimum Gasteiger partial charge on any atom is -0.481 e. The molecule has 2 aliphatic rings. The van der Waals surface area contributed by atoms with Crippen molar-refractivity contribution in [1.82, 2.24) is 4.90 Å². The fourth-order valence-electron chi connectivity index (χ4n) is 3.25. The summed E-state index contributed by atoms with van der Waals surface area (Å²) >= 11 is 6.13. The summed E-state index contributed by atoms with van der Waals surface area (Å²) in [6.45, 7) is 1.01. The quantitative estimate of drug-likeness (QED) is 0.567. The third-order valence-corrected chi connectivity index (χ3v) is 5.87. The van der Waals surface area contributed by atoms with E-state index in [-0.39, 0.29) is 4.32 Å². The molecule has 1 amide bonds. The number of amides is 1. The van der Waals surface area contributed by atoms with Gasteiger partial charge in [-0.2, -0.15) is 0 Å². The molecule has 0 saturated carbocycles. The average Bonchev–Trinajstić information content (AvgIpc) is 2.86. The van der Waals surface area contributed by atoms with Crippen LogP contribution in [-0.2, 0) is 20.8 Å². The lowest BCUT2D eigenvalue weighted by atomic mass is 9.99. The Bertz CT molecular complexity index is 867. The number of hydrogen-bond acceptors (Lipinski definition) is 6. The number of thioether (sulfide) groups is 1. The number of anilines is 1. The van der Waals surface area contributed by atoms with E-state index in [0.29, 0.717) is 4.91 Å². The van der Waals surface area contributed by atoms with Crippen LogP contribution >= 0.6 is 24.0 Å². The second-order valence-corrected chi connectivity index (χ2v) is 8.09. The Morgan fingerprint density at radius 2 is 2.11 bits per heavy atom. The van der Waals surface area contributed by atoms with E-state index in [0.717, 1.165) is 41.6 Å². The number of fused-ring (bicyclic) bond motifs is 1. The highest BCUT2D eigenvalue weighted by Crippen LogP contribution is 2.35. The first-order valence-corrected chi connectivity index (χ1v) is 9.56. The monoisotopic (exact) mass is 406 g/mol. The maximum atomic E-state index is 12.7. The van der Waals surface area contributed by atoms with Crippen molar-refractivity contribution >= 4 is 57.9 Å². The standard InChI is InChI=1S/C18H18N2O5S2/c1-19-6-2-3-11-7-10(4-5-12(11)19)8-14-16(23)20(18(26)27-14)13(17(24)25)9-15(21)22/h4-5,7-8,13H,2-3,6,9H2,1H3,(H,21,22)(H,24,25). The first-order valence-electron chi connectivity index (χ1n) is 8.33. The van der Waals surface area contributed by atoms with E-state index in [9.17, 15) is 19.5 Å². The van der Waals surface area contributed by atoms with Gasteiger partial charge >= 0.3 is 11.9 Å². The van der Waals surface area contributed by atoms with Gasteiger partial charge in [0.05, 0.1) is 11.3 Å². The van der Waals surface area contributed by atoms with Gasteiger partial charge in [-0.25, -0.2) is 4.79 Å². The molecule has 1 unspecified atom stereocenters. The molecular weight excluding hydrogens is 388 g/mol. The predicted octanol–water partition coefficient (Wildman–Crippen LogP) is 2.20. The van der Waals surface area contributed by atoms with E-state index >= 15 is 0 Å². The maximum absolute atomic E-state index is 12.7. The molecule has 3 rings (SSSR count). The molecule has 9 heteroatoms. The van der Waals surface area contributed by atoms with E-state index in [1.165, 1.54) is 11.3 Å². The molecule has 1 saturated heterocycles. The number of hydrogen-bond donors (Lipinski definition) is 2. The molecule has 1 aromatic rings. The second kappa shape index (κ2) is 7.69. The molecule has 142 valence electrons. The zero-order valence-corrected chi connectivity index (χ0v) is 16.2. The van der Waals surface area contributed by atoms with Crippen LogP contribution in [0.4, 0.5) is 5.69 Å². The number of carboxylic acids is 2. The van der Waals surface area contributed by atoms with E-state index in [2.05, 4.69) is 4.90 Å². The molecule has 2 aliphatic heterocycles. The van der Waals surface area contributed by atoms with E-state index in [4.69, 9.17) is 17.3 Å². The van der Waals surface area contributed by atoms with Crippen LogP contribution < -0.4 is 4.90 Å². The predicted molar refractivity (Wildman–Crippen MR) is 107 cm³/mol. The van der Waals surface area contributed by atoms with Gasteiger partial charge in [-0.15, -0.1) is 0 Å². The van der Waals surface area contributed by atoms with Crippen LogP contribution in [-0.4, -0.2) is 56.9 Å². The highest BCUT2D eigenvalue weighted by Gasteiger charge is 2.41. The highest BCUT2D eigenvalue weighted by molar-refractivity contribution is 8.26. The minimum absolute atomic E-state index is 0.0533. The fourth-order valence-corrected chi connectivity index (χ4v) is 4.61. The Kier molecular flexibility index (Phi) is 5.52. The molecule has 27 heavy (non-hydrogen) atoms. The lowest BCUT2D eigenvalue weighted by Gasteiger charge is -2.27. The fraction of sp³-hybridized carbons (Fsp3) is 0.333. The third kappa shape index (κ3) is 3.98. The molecule has 1 aromatic carbocycles. The van der Waals surface area contributed by atoms with Gasteiger partial charge in [0.25, 0.3) is 5.91 Å². The van der Waals surface area contributed by atoms with Gasteiger partial charge in [-0.1, -0.05) is 30.0 Å². The number of carboxylic acid groups (broad SMARTS) is 2. The zero-order chi connectivity index (χ0) is 19.7. The molecule has 7 nitrogen and oxygen atoms in total. The summed E-state index contributed by atoms with van der Waals surface area (Å²) < 4.78 is 0.0533. The van der Waals surface area contributed by atoms with Gasteiger partial charge in [-0.05, 0) is 42.2 Å². The number of aliphatic carboxylic acids is 2. The Balaban J connectivity index is 1.88. The van der Waals surface area contributed by atoms with Gasteiger partial charge in [0, 0.05) is 19.3 Å². The summed E-state index contributed by atoms with van der Waals surface area (Å²) in [7, 11) is 2.04. The molecule has 0 aromatic heterocycles. The van der Waals surface area contributed by atoms with Crippen molar-refractivity contribution in [3.63, 3.8) is 0 Å². The van der Waals surface area contributed by atoms with Crippen molar-refractivity contribution in [1.29, 1.82) is 0 Å². The summed E-state index contributed by atoms with van der Waals surface area (Å²) in [6.07, 6.45) is 2.99. The number of benzene rings is 1. The number of carbonyl (C=O) groups excluding carboxylic acids is 1. The molecular formula is C18H18N2O5S2. The Morgan fingerprint density at radius 3 is 2.78 bits per heavy atom. The number of nitrogens with zero attached hydrogens (tertiary/aromatic N) is 2. The van der Waals surface area contributed by atoms with E-state index < -0.39 is 30.3 Å². The molecule has 0 spiro atoms. The summed E-state index contributed by atoms with van der Waals surface area (Å²) in [4.78, 5) is 38.4. The van der Waals surface area contributed by atoms with Gasteiger partial charge in [0.15, 0.2) is 0 Å². The second-order valence-electron chi connectivity index (χ2n) is 6.42. The first-order chi connectivity index (χ1) is 12.8. The summed E-state index contributed by atoms with van der Waals surface area (Å²) in [5, 5.41) is 18.2. The van der Waals surface area contributed by atoms with Crippen LogP contribution in [0.5, 0.6) is 0 Å². The van der Waals surface area contributed by atoms with Gasteiger partial charge in [0.2, 0.25) is 0 Å². The van der Waals surface area contributed by atoms with Crippen LogP contribution in [0.1, 0.15) is 24.0 Å². The largest absolute Gasteiger partial charge is 0.481 e. The number of rotatable bonds is 5. The van der Waals surface area contributed by atoms with Crippen molar-refractivity contribution in [2.45, 2.75) is 25.3 Å².